The van der Waals surface area contributed by atoms with Gasteiger partial charge in [-0.05, 0) is 36.4 Å². The summed E-state index contributed by atoms with van der Waals surface area (Å²) in [6, 6.07) is 18.2. The average molecular weight is 456 g/mol. The number of aliphatic hydroxyl groups excluding tert-OH is 1. The lowest BCUT2D eigenvalue weighted by Gasteiger charge is -2.17. The van der Waals surface area contributed by atoms with Gasteiger partial charge < -0.3 is 30.0 Å². The van der Waals surface area contributed by atoms with E-state index in [1.54, 1.807) is 30.5 Å². The van der Waals surface area contributed by atoms with Crippen molar-refractivity contribution in [3.05, 3.63) is 78.6 Å². The van der Waals surface area contributed by atoms with Gasteiger partial charge in [-0.3, -0.25) is 0 Å². The molecule has 5 rings (SSSR count). The number of anilines is 4. The van der Waals surface area contributed by atoms with Crippen molar-refractivity contribution in [3.8, 4) is 17.2 Å². The molecule has 0 radical (unpaired) electrons. The Hall–Kier alpha value is -4.54. The van der Waals surface area contributed by atoms with Crippen LogP contribution in [0.2, 0.25) is 0 Å². The van der Waals surface area contributed by atoms with Gasteiger partial charge in [-0.15, -0.1) is 0 Å². The first-order chi connectivity index (χ1) is 16.6. The second kappa shape index (κ2) is 9.14. The number of fused-ring (bicyclic) bond motifs is 1. The number of oxazole rings is 1. The molecule has 0 saturated heterocycles. The normalized spacial score (nSPS) is 11.1. The van der Waals surface area contributed by atoms with Crippen molar-refractivity contribution in [3.63, 3.8) is 0 Å². The van der Waals surface area contributed by atoms with Crippen molar-refractivity contribution in [1.82, 2.24) is 19.9 Å². The molecule has 0 spiro atoms. The minimum absolute atomic E-state index is 0.0842. The molecule has 10 nitrogen and oxygen atoms in total. The molecule has 0 saturated carbocycles. The van der Waals surface area contributed by atoms with Crippen molar-refractivity contribution in [1.29, 1.82) is 0 Å². The molecule has 170 valence electrons. The highest BCUT2D eigenvalue weighted by molar-refractivity contribution is 5.81. The summed E-state index contributed by atoms with van der Waals surface area (Å²) in [5, 5.41) is 25.8. The van der Waals surface area contributed by atoms with Crippen molar-refractivity contribution in [2.45, 2.75) is 6.29 Å². The maximum atomic E-state index is 9.85. The van der Waals surface area contributed by atoms with E-state index < -0.39 is 6.29 Å². The SMILES string of the molecule is COc1c(Nc2nc(Nc3ccccn3)ncc2C(O)O)cccc1-c1nc2ccccc2o1. The van der Waals surface area contributed by atoms with Gasteiger partial charge in [0.25, 0.3) is 0 Å². The second-order valence-corrected chi connectivity index (χ2v) is 7.21. The van der Waals surface area contributed by atoms with Crippen LogP contribution in [0.1, 0.15) is 11.9 Å². The summed E-state index contributed by atoms with van der Waals surface area (Å²) in [5.74, 6) is 1.78. The number of pyridine rings is 1. The summed E-state index contributed by atoms with van der Waals surface area (Å²) >= 11 is 0. The van der Waals surface area contributed by atoms with Crippen LogP contribution in [0, 0.1) is 0 Å². The number of ether oxygens (including phenoxy) is 1. The summed E-state index contributed by atoms with van der Waals surface area (Å²) in [4.78, 5) is 17.3. The van der Waals surface area contributed by atoms with Crippen LogP contribution in [-0.2, 0) is 0 Å². The molecule has 0 bridgehead atoms. The fourth-order valence-electron chi connectivity index (χ4n) is 3.43. The zero-order valence-corrected chi connectivity index (χ0v) is 18.0. The first-order valence-corrected chi connectivity index (χ1v) is 10.3. The van der Waals surface area contributed by atoms with Gasteiger partial charge in [0, 0.05) is 12.4 Å². The topological polar surface area (TPSA) is 138 Å². The van der Waals surface area contributed by atoms with Crippen LogP contribution in [0.5, 0.6) is 5.75 Å². The molecule has 4 N–H and O–H groups in total. The number of hydrogen-bond acceptors (Lipinski definition) is 10. The molecule has 0 unspecified atom stereocenters. The third-order valence-electron chi connectivity index (χ3n) is 5.00. The number of aliphatic hydroxyl groups is 2. The highest BCUT2D eigenvalue weighted by atomic mass is 16.5. The fraction of sp³-hybridized carbons (Fsp3) is 0.0833. The minimum Gasteiger partial charge on any atom is -0.494 e. The first kappa shape index (κ1) is 21.3. The summed E-state index contributed by atoms with van der Waals surface area (Å²) in [5.41, 5.74) is 2.61. The molecule has 0 fully saturated rings. The highest BCUT2D eigenvalue weighted by Gasteiger charge is 2.19. The Morgan fingerprint density at radius 2 is 1.76 bits per heavy atom. The Labute approximate surface area is 193 Å². The summed E-state index contributed by atoms with van der Waals surface area (Å²) < 4.78 is 11.6. The zero-order valence-electron chi connectivity index (χ0n) is 18.0. The Morgan fingerprint density at radius 3 is 2.53 bits per heavy atom. The van der Waals surface area contributed by atoms with Gasteiger partial charge in [0.1, 0.15) is 17.2 Å². The molecule has 0 aliphatic rings. The number of nitrogens with one attached hydrogen (secondary N) is 2. The number of methoxy groups -OCH3 is 1. The van der Waals surface area contributed by atoms with E-state index in [2.05, 4.69) is 30.6 Å². The van der Waals surface area contributed by atoms with Crippen molar-refractivity contribution in [2.75, 3.05) is 17.7 Å². The quantitative estimate of drug-likeness (QED) is 0.264. The highest BCUT2D eigenvalue weighted by Crippen LogP contribution is 2.39. The summed E-state index contributed by atoms with van der Waals surface area (Å²) in [6.45, 7) is 0. The smallest absolute Gasteiger partial charge is 0.231 e. The number of hydrogen-bond donors (Lipinski definition) is 4. The molecule has 10 heteroatoms. The van der Waals surface area contributed by atoms with E-state index >= 15 is 0 Å². The van der Waals surface area contributed by atoms with Crippen LogP contribution in [0.4, 0.5) is 23.3 Å². The molecule has 0 aliphatic carbocycles. The van der Waals surface area contributed by atoms with Gasteiger partial charge >= 0.3 is 0 Å². The van der Waals surface area contributed by atoms with E-state index in [0.29, 0.717) is 34.3 Å². The standard InChI is InChI=1S/C24H20N6O4/c1-33-20-14(22-28-16-8-2-3-10-18(16)34-22)7-6-9-17(20)27-21-15(23(31)32)13-26-24(30-21)29-19-11-4-5-12-25-19/h2-13,23,31-32H,1H3,(H2,25,26,27,29,30). The van der Waals surface area contributed by atoms with Crippen molar-refractivity contribution >= 4 is 34.4 Å². The van der Waals surface area contributed by atoms with Crippen molar-refractivity contribution in [2.24, 2.45) is 0 Å². The molecule has 2 aromatic carbocycles. The molecular formula is C24H20N6O4. The van der Waals surface area contributed by atoms with Crippen LogP contribution in [0.3, 0.4) is 0 Å². The monoisotopic (exact) mass is 456 g/mol. The van der Waals surface area contributed by atoms with E-state index in [0.717, 1.165) is 5.52 Å². The van der Waals surface area contributed by atoms with Crippen LogP contribution in [-0.4, -0.2) is 37.3 Å². The van der Waals surface area contributed by atoms with E-state index in [1.165, 1.54) is 13.3 Å². The van der Waals surface area contributed by atoms with Gasteiger partial charge in [0.05, 0.1) is 23.9 Å². The molecule has 34 heavy (non-hydrogen) atoms. The number of benzene rings is 2. The number of para-hydroxylation sites is 3. The third kappa shape index (κ3) is 4.22. The summed E-state index contributed by atoms with van der Waals surface area (Å²) in [7, 11) is 1.53. The maximum Gasteiger partial charge on any atom is 0.231 e. The first-order valence-electron chi connectivity index (χ1n) is 10.3. The molecule has 0 amide bonds. The van der Waals surface area contributed by atoms with E-state index in [9.17, 15) is 10.2 Å². The lowest BCUT2D eigenvalue weighted by molar-refractivity contribution is -0.0423. The zero-order chi connectivity index (χ0) is 23.5. The average Bonchev–Trinajstić information content (AvgIpc) is 3.29. The predicted octanol–water partition coefficient (Wildman–Crippen LogP) is 4.16. The lowest BCUT2D eigenvalue weighted by atomic mass is 10.1. The molecule has 0 aliphatic heterocycles. The Balaban J connectivity index is 1.53. The molecule has 5 aromatic rings. The Morgan fingerprint density at radius 1 is 0.912 bits per heavy atom. The summed E-state index contributed by atoms with van der Waals surface area (Å²) in [6.07, 6.45) is 1.16. The van der Waals surface area contributed by atoms with E-state index in [-0.39, 0.29) is 17.3 Å². The number of rotatable bonds is 7. The van der Waals surface area contributed by atoms with Gasteiger partial charge in [0.2, 0.25) is 11.8 Å². The van der Waals surface area contributed by atoms with Crippen molar-refractivity contribution < 1.29 is 19.4 Å². The maximum absolute atomic E-state index is 9.85. The number of aromatic nitrogens is 4. The van der Waals surface area contributed by atoms with Crippen LogP contribution in [0.15, 0.2) is 77.5 Å². The third-order valence-corrected chi connectivity index (χ3v) is 5.00. The van der Waals surface area contributed by atoms with Gasteiger partial charge in [0.15, 0.2) is 17.6 Å². The second-order valence-electron chi connectivity index (χ2n) is 7.21. The fourth-order valence-corrected chi connectivity index (χ4v) is 3.43. The number of nitrogens with zero attached hydrogens (tertiary/aromatic N) is 4. The van der Waals surface area contributed by atoms with E-state index in [4.69, 9.17) is 9.15 Å². The predicted molar refractivity (Wildman–Crippen MR) is 126 cm³/mol. The molecule has 0 atom stereocenters. The Kier molecular flexibility index (Phi) is 5.73. The molecule has 3 aromatic heterocycles. The Bertz CT molecular complexity index is 1410. The van der Waals surface area contributed by atoms with Gasteiger partial charge in [-0.1, -0.05) is 24.3 Å². The van der Waals surface area contributed by atoms with Gasteiger partial charge in [-0.2, -0.15) is 4.98 Å². The van der Waals surface area contributed by atoms with Crippen LogP contribution in [0.25, 0.3) is 22.6 Å². The largest absolute Gasteiger partial charge is 0.494 e. The molecule has 3 heterocycles. The lowest BCUT2D eigenvalue weighted by Crippen LogP contribution is -2.08. The van der Waals surface area contributed by atoms with Crippen LogP contribution < -0.4 is 15.4 Å². The molecular weight excluding hydrogens is 436 g/mol. The minimum atomic E-state index is -1.79. The van der Waals surface area contributed by atoms with E-state index in [1.807, 2.05) is 36.4 Å². The van der Waals surface area contributed by atoms with Gasteiger partial charge in [-0.25, -0.2) is 15.0 Å². The van der Waals surface area contributed by atoms with Crippen LogP contribution >= 0.6 is 0 Å².